The van der Waals surface area contributed by atoms with Crippen LogP contribution in [0.3, 0.4) is 0 Å². The van der Waals surface area contributed by atoms with Gasteiger partial charge in [0.2, 0.25) is 0 Å². The Kier molecular flexibility index (Phi) is 3.02. The van der Waals surface area contributed by atoms with Crippen molar-refractivity contribution >= 4 is 11.7 Å². The summed E-state index contributed by atoms with van der Waals surface area (Å²) < 4.78 is 0. The molecule has 0 aliphatic carbocycles. The predicted molar refractivity (Wildman–Crippen MR) is 69.2 cm³/mol. The van der Waals surface area contributed by atoms with E-state index < -0.39 is 11.4 Å². The molecule has 1 unspecified atom stereocenters. The second-order valence-corrected chi connectivity index (χ2v) is 4.27. The summed E-state index contributed by atoms with van der Waals surface area (Å²) in [5.41, 5.74) is 6.21. The summed E-state index contributed by atoms with van der Waals surface area (Å²) in [6.45, 7) is 1.64. The van der Waals surface area contributed by atoms with Gasteiger partial charge < -0.3 is 10.8 Å². The number of rotatable bonds is 3. The Morgan fingerprint density at radius 3 is 2.39 bits per heavy atom. The van der Waals surface area contributed by atoms with Gasteiger partial charge in [0.25, 0.3) is 0 Å². The van der Waals surface area contributed by atoms with Crippen LogP contribution in [0.4, 0.5) is 5.69 Å². The average Bonchev–Trinajstić information content (AvgIpc) is 2.39. The number of carboxylic acid groups (broad SMARTS) is 1. The molecular weight excluding hydrogens is 228 g/mol. The highest BCUT2D eigenvalue weighted by atomic mass is 16.4. The standard InChI is InChI=1S/C14H14N2O2/c1-14(13(17)18,12-4-2-3-9-16-12)10-5-7-11(15)8-6-10/h2-9H,15H2,1H3,(H,17,18). The topological polar surface area (TPSA) is 76.2 Å². The highest BCUT2D eigenvalue weighted by molar-refractivity contribution is 5.85. The van der Waals surface area contributed by atoms with Gasteiger partial charge in [-0.25, -0.2) is 0 Å². The van der Waals surface area contributed by atoms with Crippen molar-refractivity contribution in [2.75, 3.05) is 5.73 Å². The summed E-state index contributed by atoms with van der Waals surface area (Å²) in [5, 5.41) is 9.54. The molecule has 0 aliphatic rings. The summed E-state index contributed by atoms with van der Waals surface area (Å²) in [4.78, 5) is 15.8. The first-order valence-electron chi connectivity index (χ1n) is 5.56. The Labute approximate surface area is 105 Å². The van der Waals surface area contributed by atoms with Crippen molar-refractivity contribution in [3.8, 4) is 0 Å². The molecule has 4 nitrogen and oxygen atoms in total. The van der Waals surface area contributed by atoms with Crippen LogP contribution in [-0.2, 0) is 10.2 Å². The molecule has 1 aromatic heterocycles. The number of anilines is 1. The monoisotopic (exact) mass is 242 g/mol. The van der Waals surface area contributed by atoms with Crippen molar-refractivity contribution < 1.29 is 9.90 Å². The normalized spacial score (nSPS) is 13.8. The number of aliphatic carboxylic acids is 1. The molecule has 1 atom stereocenters. The van der Waals surface area contributed by atoms with Crippen LogP contribution in [0, 0.1) is 0 Å². The van der Waals surface area contributed by atoms with Gasteiger partial charge in [0.1, 0.15) is 5.41 Å². The number of carboxylic acids is 1. The molecule has 3 N–H and O–H groups in total. The van der Waals surface area contributed by atoms with Crippen LogP contribution < -0.4 is 5.73 Å². The molecular formula is C14H14N2O2. The molecule has 0 bridgehead atoms. The highest BCUT2D eigenvalue weighted by Gasteiger charge is 2.38. The quantitative estimate of drug-likeness (QED) is 0.808. The Morgan fingerprint density at radius 2 is 1.89 bits per heavy atom. The predicted octanol–water partition coefficient (Wildman–Crippen LogP) is 2.05. The molecule has 4 heteroatoms. The lowest BCUT2D eigenvalue weighted by atomic mass is 9.79. The summed E-state index contributed by atoms with van der Waals surface area (Å²) in [6, 6.07) is 12.1. The van der Waals surface area contributed by atoms with Crippen LogP contribution in [0.5, 0.6) is 0 Å². The van der Waals surface area contributed by atoms with Crippen LogP contribution in [0.1, 0.15) is 18.2 Å². The molecule has 18 heavy (non-hydrogen) atoms. The van der Waals surface area contributed by atoms with E-state index in [1.165, 1.54) is 0 Å². The summed E-state index contributed by atoms with van der Waals surface area (Å²) in [6.07, 6.45) is 1.59. The fourth-order valence-corrected chi connectivity index (χ4v) is 1.86. The van der Waals surface area contributed by atoms with Gasteiger partial charge in [0.05, 0.1) is 5.69 Å². The SMILES string of the molecule is CC(C(=O)O)(c1ccc(N)cc1)c1ccccn1. The highest BCUT2D eigenvalue weighted by Crippen LogP contribution is 2.31. The van der Waals surface area contributed by atoms with Crippen molar-refractivity contribution in [2.24, 2.45) is 0 Å². The molecule has 0 aliphatic heterocycles. The zero-order valence-corrected chi connectivity index (χ0v) is 10.00. The molecule has 1 heterocycles. The maximum absolute atomic E-state index is 11.6. The number of nitrogen functional groups attached to an aromatic ring is 1. The van der Waals surface area contributed by atoms with Gasteiger partial charge in [-0.1, -0.05) is 18.2 Å². The molecule has 0 radical (unpaired) electrons. The van der Waals surface area contributed by atoms with Crippen LogP contribution in [0.25, 0.3) is 0 Å². The number of benzene rings is 1. The van der Waals surface area contributed by atoms with Crippen molar-refractivity contribution in [3.05, 3.63) is 59.9 Å². The first-order valence-corrected chi connectivity index (χ1v) is 5.56. The van der Waals surface area contributed by atoms with E-state index in [1.54, 1.807) is 55.6 Å². The van der Waals surface area contributed by atoms with E-state index in [-0.39, 0.29) is 0 Å². The third-order valence-corrected chi connectivity index (χ3v) is 3.09. The molecule has 2 rings (SSSR count). The second kappa shape index (κ2) is 4.49. The van der Waals surface area contributed by atoms with E-state index in [9.17, 15) is 9.90 Å². The van der Waals surface area contributed by atoms with Crippen LogP contribution in [0.15, 0.2) is 48.7 Å². The van der Waals surface area contributed by atoms with Crippen LogP contribution in [-0.4, -0.2) is 16.1 Å². The number of nitrogens with zero attached hydrogens (tertiary/aromatic N) is 1. The number of nitrogens with two attached hydrogens (primary N) is 1. The van der Waals surface area contributed by atoms with E-state index in [2.05, 4.69) is 4.98 Å². The van der Waals surface area contributed by atoms with Gasteiger partial charge in [-0.15, -0.1) is 0 Å². The van der Waals surface area contributed by atoms with Crippen molar-refractivity contribution in [3.63, 3.8) is 0 Å². The summed E-state index contributed by atoms with van der Waals surface area (Å²) in [5.74, 6) is -0.939. The lowest BCUT2D eigenvalue weighted by Gasteiger charge is -2.24. The number of hydrogen-bond acceptors (Lipinski definition) is 3. The van der Waals surface area contributed by atoms with Crippen LogP contribution in [0.2, 0.25) is 0 Å². The average molecular weight is 242 g/mol. The van der Waals surface area contributed by atoms with E-state index in [0.29, 0.717) is 16.9 Å². The third kappa shape index (κ3) is 1.93. The van der Waals surface area contributed by atoms with Gasteiger partial charge in [-0.2, -0.15) is 0 Å². The maximum atomic E-state index is 11.6. The Hall–Kier alpha value is -2.36. The molecule has 2 aromatic rings. The summed E-state index contributed by atoms with van der Waals surface area (Å²) in [7, 11) is 0. The van der Waals surface area contributed by atoms with Gasteiger partial charge in [-0.05, 0) is 36.8 Å². The van der Waals surface area contributed by atoms with E-state index in [0.717, 1.165) is 0 Å². The number of carbonyl (C=O) groups is 1. The Bertz CT molecular complexity index is 552. The zero-order chi connectivity index (χ0) is 13.2. The van der Waals surface area contributed by atoms with E-state index in [1.807, 2.05) is 0 Å². The van der Waals surface area contributed by atoms with Crippen LogP contribution >= 0.6 is 0 Å². The lowest BCUT2D eigenvalue weighted by Crippen LogP contribution is -2.34. The fourth-order valence-electron chi connectivity index (χ4n) is 1.86. The molecule has 0 fully saturated rings. The Morgan fingerprint density at radius 1 is 1.22 bits per heavy atom. The number of hydrogen-bond donors (Lipinski definition) is 2. The van der Waals surface area contributed by atoms with Crippen molar-refractivity contribution in [1.29, 1.82) is 0 Å². The minimum Gasteiger partial charge on any atom is -0.480 e. The van der Waals surface area contributed by atoms with Gasteiger partial charge in [0.15, 0.2) is 0 Å². The first kappa shape index (κ1) is 12.1. The van der Waals surface area contributed by atoms with E-state index in [4.69, 9.17) is 5.73 Å². The maximum Gasteiger partial charge on any atom is 0.319 e. The first-order chi connectivity index (χ1) is 8.55. The summed E-state index contributed by atoms with van der Waals surface area (Å²) >= 11 is 0. The number of aromatic nitrogens is 1. The van der Waals surface area contributed by atoms with Gasteiger partial charge in [0, 0.05) is 11.9 Å². The van der Waals surface area contributed by atoms with Crippen molar-refractivity contribution in [2.45, 2.75) is 12.3 Å². The second-order valence-electron chi connectivity index (χ2n) is 4.27. The molecule has 1 aromatic carbocycles. The minimum absolute atomic E-state index is 0.502. The molecule has 0 saturated carbocycles. The van der Waals surface area contributed by atoms with E-state index >= 15 is 0 Å². The smallest absolute Gasteiger partial charge is 0.319 e. The molecule has 0 spiro atoms. The fraction of sp³-hybridized carbons (Fsp3) is 0.143. The molecule has 92 valence electrons. The molecule has 0 saturated heterocycles. The largest absolute Gasteiger partial charge is 0.480 e. The lowest BCUT2D eigenvalue weighted by molar-refractivity contribution is -0.141. The third-order valence-electron chi connectivity index (χ3n) is 3.09. The van der Waals surface area contributed by atoms with Gasteiger partial charge in [-0.3, -0.25) is 9.78 Å². The van der Waals surface area contributed by atoms with Crippen molar-refractivity contribution in [1.82, 2.24) is 4.98 Å². The minimum atomic E-state index is -1.17. The number of pyridine rings is 1. The van der Waals surface area contributed by atoms with Gasteiger partial charge >= 0.3 is 5.97 Å². The molecule has 0 amide bonds. The zero-order valence-electron chi connectivity index (χ0n) is 10.00. The Balaban J connectivity index is 2.58.